The van der Waals surface area contributed by atoms with Crippen LogP contribution >= 0.6 is 0 Å². The molecule has 2 N–H and O–H groups in total. The molecule has 2 rings (SSSR count). The summed E-state index contributed by atoms with van der Waals surface area (Å²) >= 11 is 0. The highest BCUT2D eigenvalue weighted by Crippen LogP contribution is 2.36. The fourth-order valence-corrected chi connectivity index (χ4v) is 3.01. The van der Waals surface area contributed by atoms with E-state index in [1.807, 2.05) is 0 Å². The molecule has 2 fully saturated rings. The average Bonchev–Trinajstić information content (AvgIpc) is 3.19. The second-order valence-electron chi connectivity index (χ2n) is 6.04. The maximum atomic E-state index is 12.2. The molecule has 2 saturated carbocycles. The number of hydrogen-bond acceptors (Lipinski definition) is 2. The number of carboxylic acid groups (broad SMARTS) is 1. The first kappa shape index (κ1) is 14.2. The third-order valence-electron chi connectivity index (χ3n) is 4.52. The number of carbonyl (C=O) groups is 2. The van der Waals surface area contributed by atoms with Gasteiger partial charge >= 0.3 is 12.0 Å². The van der Waals surface area contributed by atoms with Crippen LogP contribution in [0.1, 0.15) is 51.4 Å². The van der Waals surface area contributed by atoms with Crippen LogP contribution in [0.15, 0.2) is 0 Å². The van der Waals surface area contributed by atoms with Crippen LogP contribution in [0, 0.1) is 5.92 Å². The molecule has 0 aromatic heterocycles. The lowest BCUT2D eigenvalue weighted by Gasteiger charge is -2.43. The number of rotatable bonds is 5. The quantitative estimate of drug-likeness (QED) is 0.803. The third-order valence-corrected chi connectivity index (χ3v) is 4.52. The molecule has 0 atom stereocenters. The monoisotopic (exact) mass is 268 g/mol. The second-order valence-corrected chi connectivity index (χ2v) is 6.04. The largest absolute Gasteiger partial charge is 0.481 e. The van der Waals surface area contributed by atoms with Crippen LogP contribution < -0.4 is 5.32 Å². The van der Waals surface area contributed by atoms with Gasteiger partial charge in [0.25, 0.3) is 0 Å². The highest BCUT2D eigenvalue weighted by molar-refractivity contribution is 5.76. The molecular formula is C14H24N2O3. The Kier molecular flexibility index (Phi) is 4.32. The zero-order chi connectivity index (χ0) is 13.9. The first-order valence-electron chi connectivity index (χ1n) is 7.27. The Labute approximate surface area is 114 Å². The van der Waals surface area contributed by atoms with Crippen molar-refractivity contribution in [3.63, 3.8) is 0 Å². The van der Waals surface area contributed by atoms with Crippen LogP contribution in [-0.2, 0) is 4.79 Å². The molecule has 2 amide bonds. The summed E-state index contributed by atoms with van der Waals surface area (Å²) in [5, 5.41) is 12.1. The summed E-state index contributed by atoms with van der Waals surface area (Å²) < 4.78 is 0. The summed E-state index contributed by atoms with van der Waals surface area (Å²) in [6, 6.07) is -0.116. The van der Waals surface area contributed by atoms with Crippen molar-refractivity contribution in [2.24, 2.45) is 5.92 Å². The van der Waals surface area contributed by atoms with E-state index >= 15 is 0 Å². The highest BCUT2D eigenvalue weighted by Gasteiger charge is 2.40. The minimum absolute atomic E-state index is 0.0559. The topological polar surface area (TPSA) is 69.6 Å². The predicted molar refractivity (Wildman–Crippen MR) is 72.0 cm³/mol. The lowest BCUT2D eigenvalue weighted by molar-refractivity contribution is -0.140. The van der Waals surface area contributed by atoms with Crippen LogP contribution in [0.25, 0.3) is 0 Å². The fraction of sp³-hybridized carbons (Fsp3) is 0.857. The van der Waals surface area contributed by atoms with E-state index < -0.39 is 11.5 Å². The van der Waals surface area contributed by atoms with Crippen molar-refractivity contribution < 1.29 is 14.7 Å². The molecule has 2 aliphatic carbocycles. The Morgan fingerprint density at radius 3 is 2.42 bits per heavy atom. The number of hydrogen-bond donors (Lipinski definition) is 2. The summed E-state index contributed by atoms with van der Waals surface area (Å²) in [5.74, 6) is -0.178. The number of nitrogens with one attached hydrogen (secondary N) is 1. The van der Waals surface area contributed by atoms with E-state index in [0.29, 0.717) is 5.92 Å². The van der Waals surface area contributed by atoms with E-state index in [1.165, 1.54) is 12.8 Å². The molecule has 2 aliphatic rings. The van der Waals surface area contributed by atoms with E-state index in [-0.39, 0.29) is 12.5 Å². The Morgan fingerprint density at radius 1 is 1.26 bits per heavy atom. The van der Waals surface area contributed by atoms with E-state index in [9.17, 15) is 9.59 Å². The number of aliphatic carboxylic acids is 1. The molecule has 0 unspecified atom stereocenters. The van der Waals surface area contributed by atoms with E-state index in [0.717, 1.165) is 38.6 Å². The molecule has 0 heterocycles. The minimum atomic E-state index is -0.816. The second kappa shape index (κ2) is 5.80. The van der Waals surface area contributed by atoms with Gasteiger partial charge < -0.3 is 15.3 Å². The van der Waals surface area contributed by atoms with Crippen LogP contribution in [0.4, 0.5) is 4.79 Å². The van der Waals surface area contributed by atoms with Gasteiger partial charge in [-0.3, -0.25) is 4.79 Å². The van der Waals surface area contributed by atoms with Crippen molar-refractivity contribution >= 4 is 12.0 Å². The summed E-state index contributed by atoms with van der Waals surface area (Å²) in [6.07, 6.45) is 7.20. The van der Waals surface area contributed by atoms with E-state index in [1.54, 1.807) is 11.9 Å². The summed E-state index contributed by atoms with van der Waals surface area (Å²) in [6.45, 7) is 0.728. The molecule has 0 bridgehead atoms. The molecule has 0 radical (unpaired) electrons. The maximum absolute atomic E-state index is 12.2. The van der Waals surface area contributed by atoms with Crippen molar-refractivity contribution in [3.8, 4) is 0 Å². The van der Waals surface area contributed by atoms with Gasteiger partial charge in [-0.2, -0.15) is 0 Å². The van der Waals surface area contributed by atoms with Crippen LogP contribution in [0.5, 0.6) is 0 Å². The minimum Gasteiger partial charge on any atom is -0.481 e. The van der Waals surface area contributed by atoms with Crippen molar-refractivity contribution in [1.29, 1.82) is 0 Å². The number of carbonyl (C=O) groups excluding carboxylic acids is 1. The lowest BCUT2D eigenvalue weighted by Crippen LogP contribution is -2.55. The van der Waals surface area contributed by atoms with Gasteiger partial charge in [0.15, 0.2) is 0 Å². The third kappa shape index (κ3) is 3.61. The van der Waals surface area contributed by atoms with Gasteiger partial charge in [-0.05, 0) is 31.6 Å². The molecule has 0 aromatic rings. The molecule has 0 saturated heterocycles. The van der Waals surface area contributed by atoms with E-state index in [4.69, 9.17) is 5.11 Å². The van der Waals surface area contributed by atoms with Crippen LogP contribution in [-0.4, -0.2) is 41.1 Å². The van der Waals surface area contributed by atoms with Gasteiger partial charge in [0.1, 0.15) is 0 Å². The Balaban J connectivity index is 1.98. The Morgan fingerprint density at radius 2 is 1.89 bits per heavy atom. The van der Waals surface area contributed by atoms with Gasteiger partial charge in [0.2, 0.25) is 0 Å². The summed E-state index contributed by atoms with van der Waals surface area (Å²) in [4.78, 5) is 25.0. The zero-order valence-corrected chi connectivity index (χ0v) is 11.7. The van der Waals surface area contributed by atoms with Gasteiger partial charge in [-0.15, -0.1) is 0 Å². The number of nitrogens with zero attached hydrogens (tertiary/aromatic N) is 1. The predicted octanol–water partition coefficient (Wildman–Crippen LogP) is 2.22. The summed E-state index contributed by atoms with van der Waals surface area (Å²) in [5.41, 5.74) is -0.488. The van der Waals surface area contributed by atoms with E-state index in [2.05, 4.69) is 5.32 Å². The lowest BCUT2D eigenvalue weighted by atomic mass is 9.78. The first-order chi connectivity index (χ1) is 9.03. The highest BCUT2D eigenvalue weighted by atomic mass is 16.4. The Bertz CT molecular complexity index is 347. The van der Waals surface area contributed by atoms with Crippen molar-refractivity contribution in [2.75, 3.05) is 13.6 Å². The van der Waals surface area contributed by atoms with Gasteiger partial charge in [-0.1, -0.05) is 19.3 Å². The maximum Gasteiger partial charge on any atom is 0.317 e. The molecule has 5 heteroatoms. The van der Waals surface area contributed by atoms with Crippen molar-refractivity contribution in [1.82, 2.24) is 10.2 Å². The SMILES string of the molecule is CN(C(=O)NCC1CC1)C1(CC(=O)O)CCCCC1. The molecule has 0 spiro atoms. The van der Waals surface area contributed by atoms with Crippen molar-refractivity contribution in [3.05, 3.63) is 0 Å². The molecule has 0 aromatic carbocycles. The fourth-order valence-electron chi connectivity index (χ4n) is 3.01. The zero-order valence-electron chi connectivity index (χ0n) is 11.7. The standard InChI is InChI=1S/C14H24N2O3/c1-16(13(19)15-10-11-5-6-11)14(9-12(17)18)7-3-2-4-8-14/h11H,2-10H2,1H3,(H,15,19)(H,17,18). The number of carboxylic acids is 1. The number of amides is 2. The van der Waals surface area contributed by atoms with Gasteiger partial charge in [0, 0.05) is 13.6 Å². The Hall–Kier alpha value is -1.26. The summed E-state index contributed by atoms with van der Waals surface area (Å²) in [7, 11) is 1.75. The molecule has 19 heavy (non-hydrogen) atoms. The smallest absolute Gasteiger partial charge is 0.317 e. The van der Waals surface area contributed by atoms with Crippen LogP contribution in [0.3, 0.4) is 0 Å². The number of urea groups is 1. The normalized spacial score (nSPS) is 21.7. The molecule has 0 aliphatic heterocycles. The molecule has 108 valence electrons. The average molecular weight is 268 g/mol. The first-order valence-corrected chi connectivity index (χ1v) is 7.27. The van der Waals surface area contributed by atoms with Crippen LogP contribution in [0.2, 0.25) is 0 Å². The molecule has 5 nitrogen and oxygen atoms in total. The molecular weight excluding hydrogens is 244 g/mol. The van der Waals surface area contributed by atoms with Crippen molar-refractivity contribution in [2.45, 2.75) is 56.9 Å². The van der Waals surface area contributed by atoms with Gasteiger partial charge in [-0.25, -0.2) is 4.79 Å². The van der Waals surface area contributed by atoms with Gasteiger partial charge in [0.05, 0.1) is 12.0 Å².